The summed E-state index contributed by atoms with van der Waals surface area (Å²) in [7, 11) is 0. The molecular weight excluding hydrogens is 122 g/mol. The summed E-state index contributed by atoms with van der Waals surface area (Å²) in [5, 5.41) is 0. The molecule has 0 bridgehead atoms. The van der Waals surface area contributed by atoms with E-state index in [9.17, 15) is 0 Å². The van der Waals surface area contributed by atoms with Crippen LogP contribution in [0, 0.1) is 0 Å². The Hall–Kier alpha value is -0.0400. The van der Waals surface area contributed by atoms with Crippen molar-refractivity contribution in [2.24, 2.45) is 5.73 Å². The molecule has 0 amide bonds. The van der Waals surface area contributed by atoms with Crippen LogP contribution in [0.15, 0.2) is 0 Å². The third-order valence-electron chi connectivity index (χ3n) is 1.81. The average molecular weight is 145 g/mol. The molecule has 1 heteroatoms. The second-order valence-electron chi connectivity index (χ2n) is 2.91. The van der Waals surface area contributed by atoms with Crippen LogP contribution in [0.5, 0.6) is 0 Å². The highest BCUT2D eigenvalue weighted by molar-refractivity contribution is 4.44. The predicted octanol–water partition coefficient (Wildman–Crippen LogP) is 2.94. The summed E-state index contributed by atoms with van der Waals surface area (Å²) in [5.41, 5.74) is 5.37. The van der Waals surface area contributed by atoms with Gasteiger partial charge in [0.05, 0.1) is 0 Å². The molecular formula is C9H23N. The molecule has 10 heavy (non-hydrogen) atoms. The molecule has 0 aromatic rings. The van der Waals surface area contributed by atoms with E-state index in [1.807, 2.05) is 0 Å². The van der Waals surface area contributed by atoms with Crippen LogP contribution in [0.1, 0.15) is 53.3 Å². The van der Waals surface area contributed by atoms with Gasteiger partial charge in [0.25, 0.3) is 0 Å². The zero-order valence-electron chi connectivity index (χ0n) is 7.23. The molecule has 0 atom stereocenters. The van der Waals surface area contributed by atoms with Crippen LogP contribution >= 0.6 is 0 Å². The monoisotopic (exact) mass is 145 g/mol. The Kier molecular flexibility index (Phi) is 8.92. The summed E-state index contributed by atoms with van der Waals surface area (Å²) in [6.07, 6.45) is 9.51. The minimum Gasteiger partial charge on any atom is -0.330 e. The second-order valence-corrected chi connectivity index (χ2v) is 2.91. The van der Waals surface area contributed by atoms with Crippen molar-refractivity contribution < 1.29 is 1.43 Å². The number of hydrogen-bond donors (Lipinski definition) is 1. The maximum absolute atomic E-state index is 5.37. The summed E-state index contributed by atoms with van der Waals surface area (Å²) in [4.78, 5) is 0. The van der Waals surface area contributed by atoms with Crippen LogP contribution in [0.3, 0.4) is 0 Å². The van der Waals surface area contributed by atoms with Gasteiger partial charge in [0.2, 0.25) is 0 Å². The maximum atomic E-state index is 5.37. The van der Waals surface area contributed by atoms with Crippen LogP contribution in [0.25, 0.3) is 0 Å². The Bertz CT molecular complexity index is 49.5. The molecule has 0 radical (unpaired) electrons. The lowest BCUT2D eigenvalue weighted by Crippen LogP contribution is -1.97. The molecule has 0 unspecified atom stereocenters. The summed E-state index contributed by atoms with van der Waals surface area (Å²) in [6.45, 7) is 3.12. The summed E-state index contributed by atoms with van der Waals surface area (Å²) in [5.74, 6) is 0. The quantitative estimate of drug-likeness (QED) is 0.548. The SMILES string of the molecule is CCCCCCCCCN.[HH]. The lowest BCUT2D eigenvalue weighted by Gasteiger charge is -1.97. The Labute approximate surface area is 66.5 Å². The minimum absolute atomic E-state index is 0. The van der Waals surface area contributed by atoms with Crippen LogP contribution < -0.4 is 5.73 Å². The van der Waals surface area contributed by atoms with Crippen LogP contribution in [0.4, 0.5) is 0 Å². The Balaban J connectivity index is 0. The van der Waals surface area contributed by atoms with E-state index >= 15 is 0 Å². The van der Waals surface area contributed by atoms with Crippen molar-refractivity contribution in [1.29, 1.82) is 0 Å². The first kappa shape index (κ1) is 9.96. The molecule has 0 aliphatic rings. The van der Waals surface area contributed by atoms with E-state index in [1.54, 1.807) is 0 Å². The van der Waals surface area contributed by atoms with E-state index in [4.69, 9.17) is 5.73 Å². The normalized spacial score (nSPS) is 10.2. The molecule has 0 fully saturated rings. The molecule has 1 nitrogen and oxygen atoms in total. The molecule has 0 aliphatic heterocycles. The number of unbranched alkanes of at least 4 members (excludes halogenated alkanes) is 6. The standard InChI is InChI=1S/C9H21N.H2/c1-2-3-4-5-6-7-8-9-10;/h2-10H2,1H3;1H. The van der Waals surface area contributed by atoms with Gasteiger partial charge in [-0.15, -0.1) is 0 Å². The molecule has 0 saturated heterocycles. The third kappa shape index (κ3) is 7.96. The molecule has 0 heterocycles. The molecule has 0 aromatic carbocycles. The van der Waals surface area contributed by atoms with Crippen LogP contribution in [0.2, 0.25) is 0 Å². The summed E-state index contributed by atoms with van der Waals surface area (Å²) < 4.78 is 0. The highest BCUT2D eigenvalue weighted by Gasteiger charge is 1.87. The molecule has 0 saturated carbocycles. The van der Waals surface area contributed by atoms with E-state index in [1.165, 1.54) is 44.9 Å². The first-order valence-corrected chi connectivity index (χ1v) is 4.62. The first-order valence-electron chi connectivity index (χ1n) is 4.62. The van der Waals surface area contributed by atoms with Crippen molar-refractivity contribution in [2.75, 3.05) is 6.54 Å². The zero-order valence-corrected chi connectivity index (χ0v) is 7.23. The summed E-state index contributed by atoms with van der Waals surface area (Å²) >= 11 is 0. The van der Waals surface area contributed by atoms with Gasteiger partial charge in [0, 0.05) is 1.43 Å². The summed E-state index contributed by atoms with van der Waals surface area (Å²) in [6, 6.07) is 0. The van der Waals surface area contributed by atoms with Gasteiger partial charge >= 0.3 is 0 Å². The van der Waals surface area contributed by atoms with Gasteiger partial charge in [0.15, 0.2) is 0 Å². The van der Waals surface area contributed by atoms with Gasteiger partial charge in [-0.3, -0.25) is 0 Å². The highest BCUT2D eigenvalue weighted by atomic mass is 14.5. The van der Waals surface area contributed by atoms with Crippen molar-refractivity contribution in [3.05, 3.63) is 0 Å². The molecule has 0 aliphatic carbocycles. The fourth-order valence-electron chi connectivity index (χ4n) is 1.10. The number of rotatable bonds is 7. The predicted molar refractivity (Wildman–Crippen MR) is 49.2 cm³/mol. The van der Waals surface area contributed by atoms with Gasteiger partial charge in [-0.25, -0.2) is 0 Å². The van der Waals surface area contributed by atoms with Gasteiger partial charge in [0.1, 0.15) is 0 Å². The molecule has 2 N–H and O–H groups in total. The van der Waals surface area contributed by atoms with E-state index in [0.717, 1.165) is 6.54 Å². The molecule has 0 aromatic heterocycles. The maximum Gasteiger partial charge on any atom is 0 e. The molecule has 0 spiro atoms. The van der Waals surface area contributed by atoms with Crippen molar-refractivity contribution in [3.63, 3.8) is 0 Å². The molecule has 0 rings (SSSR count). The van der Waals surface area contributed by atoms with Crippen molar-refractivity contribution >= 4 is 0 Å². The van der Waals surface area contributed by atoms with E-state index in [2.05, 4.69) is 6.92 Å². The smallest absolute Gasteiger partial charge is 0 e. The van der Waals surface area contributed by atoms with Gasteiger partial charge in [-0.2, -0.15) is 0 Å². The van der Waals surface area contributed by atoms with Crippen molar-refractivity contribution in [3.8, 4) is 0 Å². The van der Waals surface area contributed by atoms with Gasteiger partial charge in [-0.05, 0) is 13.0 Å². The lowest BCUT2D eigenvalue weighted by atomic mass is 10.1. The Morgan fingerprint density at radius 2 is 1.40 bits per heavy atom. The van der Waals surface area contributed by atoms with Crippen LogP contribution in [-0.4, -0.2) is 6.54 Å². The van der Waals surface area contributed by atoms with E-state index in [-0.39, 0.29) is 1.43 Å². The first-order chi connectivity index (χ1) is 4.91. The number of nitrogens with two attached hydrogens (primary N) is 1. The van der Waals surface area contributed by atoms with E-state index < -0.39 is 0 Å². The topological polar surface area (TPSA) is 26.0 Å². The number of hydrogen-bond acceptors (Lipinski definition) is 1. The Morgan fingerprint density at radius 1 is 0.900 bits per heavy atom. The second kappa shape index (κ2) is 8.96. The fourth-order valence-corrected chi connectivity index (χ4v) is 1.10. The lowest BCUT2D eigenvalue weighted by molar-refractivity contribution is 0.593. The average Bonchev–Trinajstić information content (AvgIpc) is 1.97. The third-order valence-corrected chi connectivity index (χ3v) is 1.81. The molecule has 64 valence electrons. The fraction of sp³-hybridized carbons (Fsp3) is 1.00. The van der Waals surface area contributed by atoms with Gasteiger partial charge < -0.3 is 5.73 Å². The largest absolute Gasteiger partial charge is 0.330 e. The van der Waals surface area contributed by atoms with E-state index in [0.29, 0.717) is 0 Å². The zero-order chi connectivity index (χ0) is 7.66. The van der Waals surface area contributed by atoms with Crippen molar-refractivity contribution in [1.82, 2.24) is 0 Å². The Morgan fingerprint density at radius 3 is 1.90 bits per heavy atom. The minimum atomic E-state index is 0. The van der Waals surface area contributed by atoms with Gasteiger partial charge in [-0.1, -0.05) is 45.4 Å². The van der Waals surface area contributed by atoms with Crippen molar-refractivity contribution in [2.45, 2.75) is 51.9 Å². The van der Waals surface area contributed by atoms with Crippen LogP contribution in [-0.2, 0) is 0 Å². The highest BCUT2D eigenvalue weighted by Crippen LogP contribution is 2.05.